The van der Waals surface area contributed by atoms with E-state index in [1.807, 2.05) is 6.92 Å². The number of rotatable bonds is 8. The van der Waals surface area contributed by atoms with Gasteiger partial charge in [-0.3, -0.25) is 14.5 Å². The zero-order valence-electron chi connectivity index (χ0n) is 17.8. The van der Waals surface area contributed by atoms with Crippen LogP contribution in [0, 0.1) is 5.82 Å². The number of amides is 2. The molecule has 0 aliphatic carbocycles. The number of halogens is 1. The van der Waals surface area contributed by atoms with Gasteiger partial charge in [-0.15, -0.1) is 0 Å². The number of hydrogen-bond acceptors (Lipinski definition) is 7. The van der Waals surface area contributed by atoms with Crippen molar-refractivity contribution in [1.82, 2.24) is 4.90 Å². The Bertz CT molecular complexity index is 1050. The quantitative estimate of drug-likeness (QED) is 0.427. The Kier molecular flexibility index (Phi) is 7.53. The summed E-state index contributed by atoms with van der Waals surface area (Å²) in [7, 11) is 1.20. The van der Waals surface area contributed by atoms with Crippen LogP contribution in [0.4, 0.5) is 9.18 Å². The van der Waals surface area contributed by atoms with Gasteiger partial charge in [0.15, 0.2) is 11.5 Å². The van der Waals surface area contributed by atoms with E-state index >= 15 is 0 Å². The summed E-state index contributed by atoms with van der Waals surface area (Å²) in [4.78, 5) is 37.7. The van der Waals surface area contributed by atoms with Crippen molar-refractivity contribution in [2.24, 2.45) is 0 Å². The van der Waals surface area contributed by atoms with Crippen molar-refractivity contribution in [2.75, 3.05) is 13.7 Å². The second-order valence-corrected chi connectivity index (χ2v) is 7.80. The first kappa shape index (κ1) is 23.3. The molecule has 1 heterocycles. The molecule has 3 rings (SSSR count). The molecule has 0 aromatic heterocycles. The molecule has 1 aliphatic heterocycles. The highest BCUT2D eigenvalue weighted by Gasteiger charge is 2.41. The minimum atomic E-state index is -1.01. The minimum absolute atomic E-state index is 0.188. The second kappa shape index (κ2) is 10.3. The average Bonchev–Trinajstić information content (AvgIpc) is 3.06. The first-order valence-corrected chi connectivity index (χ1v) is 10.6. The smallest absolute Gasteiger partial charge is 0.328 e. The molecule has 1 aliphatic rings. The van der Waals surface area contributed by atoms with E-state index in [4.69, 9.17) is 9.47 Å². The molecule has 0 unspecified atom stereocenters. The van der Waals surface area contributed by atoms with Gasteiger partial charge in [-0.05, 0) is 67.1 Å². The van der Waals surface area contributed by atoms with Gasteiger partial charge in [-0.25, -0.2) is 9.18 Å². The number of carbonyl (C=O) groups excluding carboxylic acids is 3. The molecule has 0 N–H and O–H groups in total. The fraction of sp³-hybridized carbons (Fsp3) is 0.261. The van der Waals surface area contributed by atoms with Crippen LogP contribution in [0.3, 0.4) is 0 Å². The van der Waals surface area contributed by atoms with E-state index < -0.39 is 23.2 Å². The summed E-state index contributed by atoms with van der Waals surface area (Å²) in [6.45, 7) is 3.88. The van der Waals surface area contributed by atoms with Gasteiger partial charge >= 0.3 is 5.97 Å². The fourth-order valence-electron chi connectivity index (χ4n) is 2.98. The molecule has 1 saturated heterocycles. The second-order valence-electron chi connectivity index (χ2n) is 6.81. The minimum Gasteiger partial charge on any atom is -0.490 e. The molecule has 2 amide bonds. The van der Waals surface area contributed by atoms with Gasteiger partial charge in [0.25, 0.3) is 11.1 Å². The molecule has 2 aromatic rings. The van der Waals surface area contributed by atoms with Crippen molar-refractivity contribution in [1.29, 1.82) is 0 Å². The zero-order valence-corrected chi connectivity index (χ0v) is 18.6. The van der Waals surface area contributed by atoms with Crippen LogP contribution in [-0.4, -0.2) is 41.8 Å². The molecule has 1 atom stereocenters. The number of esters is 1. The van der Waals surface area contributed by atoms with Crippen LogP contribution < -0.4 is 9.47 Å². The topological polar surface area (TPSA) is 82.1 Å². The van der Waals surface area contributed by atoms with Gasteiger partial charge in [0.1, 0.15) is 18.5 Å². The lowest BCUT2D eigenvalue weighted by molar-refractivity contribution is -0.148. The Hall–Kier alpha value is -3.33. The maximum Gasteiger partial charge on any atom is 0.328 e. The molecular formula is C23H22FNO6S. The van der Waals surface area contributed by atoms with Crippen LogP contribution in [0.25, 0.3) is 6.08 Å². The van der Waals surface area contributed by atoms with Crippen LogP contribution in [-0.2, 0) is 20.9 Å². The lowest BCUT2D eigenvalue weighted by atomic mass is 10.1. The first-order valence-electron chi connectivity index (χ1n) is 9.83. The van der Waals surface area contributed by atoms with Crippen LogP contribution in [0.1, 0.15) is 25.0 Å². The molecule has 1 fully saturated rings. The standard InChI is InChI=1S/C23H22FNO6S/c1-4-30-19-11-16(7-10-18(19)31-13-15-5-8-17(24)9-6-15)12-20-21(26)25(23(28)32-20)14(2)22(27)29-3/h5-12,14H,4,13H2,1-3H3/b20-12+/t14-/m1/s1. The lowest BCUT2D eigenvalue weighted by Gasteiger charge is -2.18. The molecule has 168 valence electrons. The molecule has 2 aromatic carbocycles. The maximum absolute atomic E-state index is 13.1. The third-order valence-corrected chi connectivity index (χ3v) is 5.51. The van der Waals surface area contributed by atoms with E-state index in [1.165, 1.54) is 26.2 Å². The van der Waals surface area contributed by atoms with E-state index in [1.54, 1.807) is 36.4 Å². The molecule has 0 saturated carbocycles. The molecule has 0 spiro atoms. The Morgan fingerprint density at radius 1 is 1.12 bits per heavy atom. The van der Waals surface area contributed by atoms with Crippen LogP contribution in [0.2, 0.25) is 0 Å². The van der Waals surface area contributed by atoms with Gasteiger partial charge < -0.3 is 14.2 Å². The van der Waals surface area contributed by atoms with Gasteiger partial charge in [-0.1, -0.05) is 18.2 Å². The molecule has 7 nitrogen and oxygen atoms in total. The van der Waals surface area contributed by atoms with Crippen molar-refractivity contribution in [2.45, 2.75) is 26.5 Å². The number of methoxy groups -OCH3 is 1. The van der Waals surface area contributed by atoms with E-state index in [-0.39, 0.29) is 17.3 Å². The Labute approximate surface area is 189 Å². The van der Waals surface area contributed by atoms with Crippen molar-refractivity contribution in [3.8, 4) is 11.5 Å². The fourth-order valence-corrected chi connectivity index (χ4v) is 3.89. The highest BCUT2D eigenvalue weighted by atomic mass is 32.2. The van der Waals surface area contributed by atoms with Crippen molar-refractivity contribution < 1.29 is 33.0 Å². The molecule has 0 radical (unpaired) electrons. The number of ether oxygens (including phenoxy) is 3. The van der Waals surface area contributed by atoms with E-state index in [9.17, 15) is 18.8 Å². The average molecular weight is 459 g/mol. The van der Waals surface area contributed by atoms with Crippen LogP contribution in [0.5, 0.6) is 11.5 Å². The Morgan fingerprint density at radius 3 is 2.50 bits per heavy atom. The third kappa shape index (κ3) is 5.28. The van der Waals surface area contributed by atoms with Crippen molar-refractivity contribution >= 4 is 35.0 Å². The van der Waals surface area contributed by atoms with Crippen molar-refractivity contribution in [3.63, 3.8) is 0 Å². The van der Waals surface area contributed by atoms with Gasteiger partial charge in [-0.2, -0.15) is 0 Å². The highest BCUT2D eigenvalue weighted by Crippen LogP contribution is 2.36. The number of imide groups is 1. The highest BCUT2D eigenvalue weighted by molar-refractivity contribution is 8.18. The Balaban J connectivity index is 1.79. The van der Waals surface area contributed by atoms with Crippen LogP contribution in [0.15, 0.2) is 47.4 Å². The molecular weight excluding hydrogens is 437 g/mol. The summed E-state index contributed by atoms with van der Waals surface area (Å²) in [6, 6.07) is 10.1. The molecule has 0 bridgehead atoms. The van der Waals surface area contributed by atoms with E-state index in [0.29, 0.717) is 23.7 Å². The number of benzene rings is 2. The van der Waals surface area contributed by atoms with E-state index in [2.05, 4.69) is 4.74 Å². The van der Waals surface area contributed by atoms with Crippen molar-refractivity contribution in [3.05, 3.63) is 64.3 Å². The zero-order chi connectivity index (χ0) is 23.3. The number of nitrogens with zero attached hydrogens (tertiary/aromatic N) is 1. The summed E-state index contributed by atoms with van der Waals surface area (Å²) in [5.74, 6) is -0.605. The predicted octanol–water partition coefficient (Wildman–Crippen LogP) is 4.40. The number of thioether (sulfide) groups is 1. The largest absolute Gasteiger partial charge is 0.490 e. The predicted molar refractivity (Wildman–Crippen MR) is 118 cm³/mol. The summed E-state index contributed by atoms with van der Waals surface area (Å²) >= 11 is 0.753. The maximum atomic E-state index is 13.1. The molecule has 32 heavy (non-hydrogen) atoms. The first-order chi connectivity index (χ1) is 15.3. The summed E-state index contributed by atoms with van der Waals surface area (Å²) < 4.78 is 29.2. The van der Waals surface area contributed by atoms with Gasteiger partial charge in [0, 0.05) is 0 Å². The van der Waals surface area contributed by atoms with Crippen LogP contribution >= 0.6 is 11.8 Å². The number of hydrogen-bond donors (Lipinski definition) is 0. The lowest BCUT2D eigenvalue weighted by Crippen LogP contribution is -2.42. The monoisotopic (exact) mass is 459 g/mol. The third-order valence-electron chi connectivity index (χ3n) is 4.63. The summed E-state index contributed by atoms with van der Waals surface area (Å²) in [5, 5.41) is -0.538. The Morgan fingerprint density at radius 2 is 1.84 bits per heavy atom. The SMILES string of the molecule is CCOc1cc(/C=C2/SC(=O)N([C@H](C)C(=O)OC)C2=O)ccc1OCc1ccc(F)cc1. The van der Waals surface area contributed by atoms with E-state index in [0.717, 1.165) is 22.2 Å². The summed E-state index contributed by atoms with van der Waals surface area (Å²) in [5.41, 5.74) is 1.42. The van der Waals surface area contributed by atoms with Gasteiger partial charge in [0.05, 0.1) is 18.6 Å². The normalized spacial score (nSPS) is 15.8. The van der Waals surface area contributed by atoms with Gasteiger partial charge in [0.2, 0.25) is 0 Å². The molecule has 9 heteroatoms. The summed E-state index contributed by atoms with van der Waals surface area (Å²) in [6.07, 6.45) is 1.56. The number of carbonyl (C=O) groups is 3.